The summed E-state index contributed by atoms with van der Waals surface area (Å²) < 4.78 is 21.0. The number of carbonyl (C=O) groups excluding carboxylic acids is 1. The minimum atomic E-state index is -1.15. The molecule has 1 saturated heterocycles. The number of hydrogen-bond donors (Lipinski definition) is 4. The quantitative estimate of drug-likeness (QED) is 0.328. The van der Waals surface area contributed by atoms with Crippen molar-refractivity contribution in [2.75, 3.05) is 33.3 Å². The van der Waals surface area contributed by atoms with E-state index in [1.807, 2.05) is 7.05 Å². The zero-order chi connectivity index (χ0) is 26.1. The molecule has 1 aromatic rings. The highest BCUT2D eigenvalue weighted by atomic mass is 35.5. The van der Waals surface area contributed by atoms with Gasteiger partial charge in [0.2, 0.25) is 0 Å². The Morgan fingerprint density at radius 3 is 2.61 bits per heavy atom. The third kappa shape index (κ3) is 7.70. The Balaban J connectivity index is 1.67. The van der Waals surface area contributed by atoms with E-state index < -0.39 is 18.0 Å². The summed E-state index contributed by atoms with van der Waals surface area (Å²) in [5.74, 6) is -0.151. The van der Waals surface area contributed by atoms with E-state index in [-0.39, 0.29) is 42.2 Å². The van der Waals surface area contributed by atoms with Gasteiger partial charge in [0, 0.05) is 43.2 Å². The number of likely N-dealkylation sites (N-methyl/N-ethyl adjacent to an activating group) is 1. The number of carboxylic acid groups (broad SMARTS) is 1. The predicted molar refractivity (Wildman–Crippen MR) is 138 cm³/mol. The first-order valence-corrected chi connectivity index (χ1v) is 13.4. The maximum atomic E-state index is 15.0. The van der Waals surface area contributed by atoms with E-state index in [0.29, 0.717) is 24.6 Å². The molecule has 1 aliphatic carbocycles. The van der Waals surface area contributed by atoms with Crippen molar-refractivity contribution in [2.45, 2.75) is 70.1 Å². The fourth-order valence-electron chi connectivity index (χ4n) is 5.77. The molecule has 4 atom stereocenters. The topological polar surface area (TPSA) is 103 Å². The average molecular weight is 527 g/mol. The Bertz CT molecular complexity index is 870. The molecule has 36 heavy (non-hydrogen) atoms. The van der Waals surface area contributed by atoms with Crippen LogP contribution in [0.15, 0.2) is 18.2 Å². The van der Waals surface area contributed by atoms with Crippen molar-refractivity contribution in [3.8, 4) is 0 Å². The third-order valence-electron chi connectivity index (χ3n) is 7.52. The number of piperidine rings is 1. The first kappa shape index (κ1) is 28.5. The number of nitrogens with zero attached hydrogens (tertiary/aromatic N) is 1. The fourth-order valence-corrected chi connectivity index (χ4v) is 5.95. The number of hydrogen-bond acceptors (Lipinski definition) is 4. The largest absolute Gasteiger partial charge is 0.465 e. The van der Waals surface area contributed by atoms with Crippen LogP contribution in [0, 0.1) is 17.7 Å². The van der Waals surface area contributed by atoms with Crippen LogP contribution >= 0.6 is 11.6 Å². The van der Waals surface area contributed by atoms with E-state index >= 15 is 0 Å². The zero-order valence-corrected chi connectivity index (χ0v) is 22.0. The summed E-state index contributed by atoms with van der Waals surface area (Å²) in [5.41, 5.74) is 0.325. The highest BCUT2D eigenvalue weighted by Gasteiger charge is 2.34. The maximum absolute atomic E-state index is 15.0. The van der Waals surface area contributed by atoms with Crippen molar-refractivity contribution >= 4 is 23.7 Å². The lowest BCUT2D eigenvalue weighted by molar-refractivity contribution is -0.0105. The van der Waals surface area contributed by atoms with Gasteiger partial charge in [0.15, 0.2) is 0 Å². The molecule has 0 aromatic heterocycles. The molecule has 2 fully saturated rings. The monoisotopic (exact) mass is 526 g/mol. The van der Waals surface area contributed by atoms with Gasteiger partial charge < -0.3 is 30.7 Å². The van der Waals surface area contributed by atoms with Gasteiger partial charge in [-0.15, -0.1) is 0 Å². The number of ether oxygens (including phenoxy) is 1. The first-order chi connectivity index (χ1) is 17.3. The van der Waals surface area contributed by atoms with Crippen LogP contribution in [0.2, 0.25) is 5.02 Å². The smallest absolute Gasteiger partial charge is 0.404 e. The van der Waals surface area contributed by atoms with Crippen molar-refractivity contribution in [1.29, 1.82) is 0 Å². The number of halogens is 2. The Kier molecular flexibility index (Phi) is 11.1. The van der Waals surface area contributed by atoms with Crippen molar-refractivity contribution < 1.29 is 23.8 Å². The maximum Gasteiger partial charge on any atom is 0.404 e. The van der Waals surface area contributed by atoms with Crippen molar-refractivity contribution in [3.05, 3.63) is 34.6 Å². The van der Waals surface area contributed by atoms with Crippen LogP contribution in [-0.4, -0.2) is 67.5 Å². The standard InChI is InChI=1S/C26H40ClFN4O4/c1-17(23(29-2)18-8-4-3-5-9-18)31-25(33)32-14-7-10-19(16-32)24(36-15-13-30-26(34)35)20-11-6-12-21(27)22(20)28/h6,11-12,17-19,23-24,29-30H,3-5,7-10,13-16H2,1-2H3,(H,31,33)(H,34,35)/t17?,19?,23-,24?/m0/s1. The van der Waals surface area contributed by atoms with E-state index in [1.165, 1.54) is 38.2 Å². The molecule has 3 unspecified atom stereocenters. The number of rotatable bonds is 10. The average Bonchev–Trinajstić information content (AvgIpc) is 2.87. The number of urea groups is 1. The van der Waals surface area contributed by atoms with Gasteiger partial charge in [-0.2, -0.15) is 0 Å². The van der Waals surface area contributed by atoms with Crippen LogP contribution in [0.4, 0.5) is 14.0 Å². The lowest BCUT2D eigenvalue weighted by Gasteiger charge is -2.39. The molecule has 0 bridgehead atoms. The molecule has 10 heteroatoms. The van der Waals surface area contributed by atoms with E-state index in [9.17, 15) is 14.0 Å². The number of benzene rings is 1. The van der Waals surface area contributed by atoms with Crippen LogP contribution in [0.3, 0.4) is 0 Å². The summed E-state index contributed by atoms with van der Waals surface area (Å²) in [5, 5.41) is 17.7. The molecule has 1 saturated carbocycles. The molecule has 3 rings (SSSR count). The molecule has 2 aliphatic rings. The van der Waals surface area contributed by atoms with Crippen molar-refractivity contribution in [3.63, 3.8) is 0 Å². The molecule has 3 amide bonds. The predicted octanol–water partition coefficient (Wildman–Crippen LogP) is 4.78. The van der Waals surface area contributed by atoms with Gasteiger partial charge in [-0.1, -0.05) is 43.0 Å². The van der Waals surface area contributed by atoms with Gasteiger partial charge in [-0.25, -0.2) is 14.0 Å². The van der Waals surface area contributed by atoms with Gasteiger partial charge in [-0.3, -0.25) is 0 Å². The molecule has 4 N–H and O–H groups in total. The van der Waals surface area contributed by atoms with E-state index in [2.05, 4.69) is 22.9 Å². The SMILES string of the molecule is CN[C@H](C1CCCCC1)C(C)NC(=O)N1CCCC(C(OCCNC(=O)O)c2cccc(Cl)c2F)C1. The summed E-state index contributed by atoms with van der Waals surface area (Å²) in [6.07, 6.45) is 5.83. The van der Waals surface area contributed by atoms with Gasteiger partial charge >= 0.3 is 12.1 Å². The van der Waals surface area contributed by atoms with Gasteiger partial charge in [0.1, 0.15) is 5.82 Å². The van der Waals surface area contributed by atoms with E-state index in [1.54, 1.807) is 17.0 Å². The molecular weight excluding hydrogens is 487 g/mol. The first-order valence-electron chi connectivity index (χ1n) is 13.1. The summed E-state index contributed by atoms with van der Waals surface area (Å²) in [6, 6.07) is 4.86. The van der Waals surface area contributed by atoms with Crippen LogP contribution < -0.4 is 16.0 Å². The van der Waals surface area contributed by atoms with Crippen molar-refractivity contribution in [2.24, 2.45) is 11.8 Å². The third-order valence-corrected chi connectivity index (χ3v) is 7.81. The second-order valence-electron chi connectivity index (χ2n) is 9.97. The van der Waals surface area contributed by atoms with Crippen molar-refractivity contribution in [1.82, 2.24) is 20.9 Å². The molecule has 0 spiro atoms. The van der Waals surface area contributed by atoms with Gasteiger partial charge in [0.05, 0.1) is 17.7 Å². The highest BCUT2D eigenvalue weighted by molar-refractivity contribution is 6.30. The Hall–Kier alpha value is -2.10. The molecular formula is C26H40ClFN4O4. The summed E-state index contributed by atoms with van der Waals surface area (Å²) >= 11 is 6.04. The Labute approximate surface area is 218 Å². The number of nitrogens with one attached hydrogen (secondary N) is 3. The summed E-state index contributed by atoms with van der Waals surface area (Å²) in [7, 11) is 1.96. The number of likely N-dealkylation sites (tertiary alicyclic amines) is 1. The normalized spacial score (nSPS) is 21.4. The molecule has 1 aliphatic heterocycles. The van der Waals surface area contributed by atoms with Crippen LogP contribution in [-0.2, 0) is 4.74 Å². The second kappa shape index (κ2) is 14.0. The molecule has 8 nitrogen and oxygen atoms in total. The summed E-state index contributed by atoms with van der Waals surface area (Å²) in [6.45, 7) is 3.24. The second-order valence-corrected chi connectivity index (χ2v) is 10.4. The van der Waals surface area contributed by atoms with Gasteiger partial charge in [0.25, 0.3) is 0 Å². The lowest BCUT2D eigenvalue weighted by Crippen LogP contribution is -2.55. The number of amides is 3. The molecule has 1 aromatic carbocycles. The summed E-state index contributed by atoms with van der Waals surface area (Å²) in [4.78, 5) is 25.8. The van der Waals surface area contributed by atoms with Gasteiger partial charge in [-0.05, 0) is 51.6 Å². The Morgan fingerprint density at radius 1 is 1.19 bits per heavy atom. The minimum absolute atomic E-state index is 0.00446. The molecule has 0 radical (unpaired) electrons. The van der Waals surface area contributed by atoms with Crippen LogP contribution in [0.1, 0.15) is 63.5 Å². The molecule has 1 heterocycles. The minimum Gasteiger partial charge on any atom is -0.465 e. The van der Waals surface area contributed by atoms with E-state index in [4.69, 9.17) is 21.4 Å². The lowest BCUT2D eigenvalue weighted by atomic mass is 9.81. The van der Waals surface area contributed by atoms with Crippen LogP contribution in [0.25, 0.3) is 0 Å². The Morgan fingerprint density at radius 2 is 1.92 bits per heavy atom. The molecule has 202 valence electrons. The van der Waals surface area contributed by atoms with Crippen LogP contribution in [0.5, 0.6) is 0 Å². The van der Waals surface area contributed by atoms with E-state index in [0.717, 1.165) is 12.8 Å². The fraction of sp³-hybridized carbons (Fsp3) is 0.692. The zero-order valence-electron chi connectivity index (χ0n) is 21.3. The highest BCUT2D eigenvalue weighted by Crippen LogP contribution is 2.36. The number of carbonyl (C=O) groups is 2.